The maximum Gasteiger partial charge on any atom is 0.250 e. The molecule has 0 bridgehead atoms. The highest BCUT2D eigenvalue weighted by Crippen LogP contribution is 2.16. The monoisotopic (exact) mass is 307 g/mol. The Morgan fingerprint density at radius 2 is 1.86 bits per heavy atom. The topological polar surface area (TPSA) is 85.1 Å². The van der Waals surface area contributed by atoms with Crippen LogP contribution < -0.4 is 0 Å². The van der Waals surface area contributed by atoms with Crippen molar-refractivity contribution in [3.05, 3.63) is 53.9 Å². The number of allylic oxidation sites excluding steroid dienone is 1. The van der Waals surface area contributed by atoms with Gasteiger partial charge in [-0.1, -0.05) is 30.3 Å². The summed E-state index contributed by atoms with van der Waals surface area (Å²) in [6.07, 6.45) is 1.60. The van der Waals surface area contributed by atoms with Crippen LogP contribution in [-0.4, -0.2) is 28.3 Å². The molecule has 0 aliphatic rings. The van der Waals surface area contributed by atoms with Crippen molar-refractivity contribution in [1.29, 1.82) is 0 Å². The summed E-state index contributed by atoms with van der Waals surface area (Å²) in [5.41, 5.74) is 1.37. The molecule has 112 valence electrons. The lowest BCUT2D eigenvalue weighted by atomic mass is 10.2. The van der Waals surface area contributed by atoms with Gasteiger partial charge in [0, 0.05) is 6.54 Å². The van der Waals surface area contributed by atoms with Gasteiger partial charge >= 0.3 is 0 Å². The predicted molar refractivity (Wildman–Crippen MR) is 78.2 cm³/mol. The molecule has 0 amide bonds. The molecular formula is C14H17N3O3S. The summed E-state index contributed by atoms with van der Waals surface area (Å²) < 4.78 is 26.4. The van der Waals surface area contributed by atoms with Gasteiger partial charge in [0.15, 0.2) is 0 Å². The smallest absolute Gasteiger partial charge is 0.250 e. The van der Waals surface area contributed by atoms with Crippen molar-refractivity contribution in [2.75, 3.05) is 0 Å². The molecule has 6 nitrogen and oxygen atoms in total. The van der Waals surface area contributed by atoms with E-state index in [-0.39, 0.29) is 17.5 Å². The molecule has 0 atom stereocenters. The van der Waals surface area contributed by atoms with Crippen molar-refractivity contribution in [3.63, 3.8) is 0 Å². The Bertz CT molecular complexity index is 733. The predicted octanol–water partition coefficient (Wildman–Crippen LogP) is 1.24. The number of aliphatic hydroxyl groups excluding tert-OH is 1. The Morgan fingerprint density at radius 1 is 1.24 bits per heavy atom. The van der Waals surface area contributed by atoms with Gasteiger partial charge in [0.25, 0.3) is 0 Å². The number of nitrogens with zero attached hydrogens (tertiary/aromatic N) is 3. The van der Waals surface area contributed by atoms with E-state index in [1.54, 1.807) is 37.3 Å². The standard InChI is InChI=1S/C14H17N3O3S/c1-3-8-17-11(2)15-16-14(17)21(19,20)10-13-6-4-12(9-18)5-7-13/h3-7,18H,1,8-10H2,2H3. The minimum atomic E-state index is -3.59. The van der Waals surface area contributed by atoms with Gasteiger partial charge in [-0.25, -0.2) is 8.42 Å². The molecule has 0 unspecified atom stereocenters. The maximum atomic E-state index is 12.5. The van der Waals surface area contributed by atoms with E-state index in [4.69, 9.17) is 5.11 Å². The van der Waals surface area contributed by atoms with E-state index in [1.165, 1.54) is 4.57 Å². The third kappa shape index (κ3) is 3.37. The van der Waals surface area contributed by atoms with E-state index in [1.807, 2.05) is 0 Å². The highest BCUT2D eigenvalue weighted by atomic mass is 32.2. The Morgan fingerprint density at radius 3 is 2.43 bits per heavy atom. The summed E-state index contributed by atoms with van der Waals surface area (Å²) in [6, 6.07) is 6.77. The van der Waals surface area contributed by atoms with E-state index >= 15 is 0 Å². The minimum Gasteiger partial charge on any atom is -0.392 e. The zero-order valence-electron chi connectivity index (χ0n) is 11.7. The molecule has 0 aliphatic heterocycles. The number of hydrogen-bond acceptors (Lipinski definition) is 5. The molecule has 0 fully saturated rings. The third-order valence-corrected chi connectivity index (χ3v) is 4.63. The second-order valence-corrected chi connectivity index (χ2v) is 6.55. The van der Waals surface area contributed by atoms with Gasteiger partial charge < -0.3 is 5.11 Å². The second kappa shape index (κ2) is 6.19. The molecule has 1 aromatic carbocycles. The van der Waals surface area contributed by atoms with Crippen LogP contribution in [0.2, 0.25) is 0 Å². The SMILES string of the molecule is C=CCn1c(C)nnc1S(=O)(=O)Cc1ccc(CO)cc1. The van der Waals surface area contributed by atoms with Crippen LogP contribution in [-0.2, 0) is 28.7 Å². The van der Waals surface area contributed by atoms with Crippen molar-refractivity contribution in [3.8, 4) is 0 Å². The van der Waals surface area contributed by atoms with Crippen molar-refractivity contribution in [2.45, 2.75) is 31.0 Å². The summed E-state index contributed by atoms with van der Waals surface area (Å²) >= 11 is 0. The molecule has 2 rings (SSSR count). The number of rotatable bonds is 6. The van der Waals surface area contributed by atoms with E-state index < -0.39 is 9.84 Å². The fourth-order valence-electron chi connectivity index (χ4n) is 1.96. The molecule has 1 heterocycles. The van der Waals surface area contributed by atoms with E-state index in [9.17, 15) is 8.42 Å². The maximum absolute atomic E-state index is 12.5. The molecule has 1 aromatic heterocycles. The largest absolute Gasteiger partial charge is 0.392 e. The van der Waals surface area contributed by atoms with Gasteiger partial charge in [0.2, 0.25) is 15.0 Å². The summed E-state index contributed by atoms with van der Waals surface area (Å²) in [5, 5.41) is 16.5. The minimum absolute atomic E-state index is 0.0499. The van der Waals surface area contributed by atoms with Gasteiger partial charge in [-0.15, -0.1) is 16.8 Å². The fraction of sp³-hybridized carbons (Fsp3) is 0.286. The van der Waals surface area contributed by atoms with Crippen molar-refractivity contribution >= 4 is 9.84 Å². The fourth-order valence-corrected chi connectivity index (χ4v) is 3.42. The molecule has 1 N–H and O–H groups in total. The lowest BCUT2D eigenvalue weighted by Crippen LogP contribution is -2.13. The summed E-state index contributed by atoms with van der Waals surface area (Å²) in [5.74, 6) is 0.373. The third-order valence-electron chi connectivity index (χ3n) is 3.05. The first kappa shape index (κ1) is 15.4. The van der Waals surface area contributed by atoms with Gasteiger partial charge in [-0.2, -0.15) is 0 Å². The first-order valence-electron chi connectivity index (χ1n) is 6.40. The number of aliphatic hydroxyl groups is 1. The van der Waals surface area contributed by atoms with Crippen LogP contribution in [0.4, 0.5) is 0 Å². The van der Waals surface area contributed by atoms with Crippen molar-refractivity contribution < 1.29 is 13.5 Å². The summed E-state index contributed by atoms with van der Waals surface area (Å²) in [7, 11) is -3.59. The van der Waals surface area contributed by atoms with Crippen molar-refractivity contribution in [1.82, 2.24) is 14.8 Å². The van der Waals surface area contributed by atoms with Gasteiger partial charge in [0.05, 0.1) is 12.4 Å². The Balaban J connectivity index is 2.31. The molecule has 2 aromatic rings. The average molecular weight is 307 g/mol. The average Bonchev–Trinajstić information content (AvgIpc) is 2.82. The Kier molecular flexibility index (Phi) is 4.54. The number of hydrogen-bond donors (Lipinski definition) is 1. The molecular weight excluding hydrogens is 290 g/mol. The van der Waals surface area contributed by atoms with Gasteiger partial charge in [0.1, 0.15) is 5.82 Å². The van der Waals surface area contributed by atoms with Crippen LogP contribution >= 0.6 is 0 Å². The number of sulfone groups is 1. The van der Waals surface area contributed by atoms with E-state index in [2.05, 4.69) is 16.8 Å². The van der Waals surface area contributed by atoms with Crippen LogP contribution in [0.3, 0.4) is 0 Å². The lowest BCUT2D eigenvalue weighted by Gasteiger charge is -2.07. The highest BCUT2D eigenvalue weighted by molar-refractivity contribution is 7.90. The van der Waals surface area contributed by atoms with Crippen LogP contribution in [0.25, 0.3) is 0 Å². The van der Waals surface area contributed by atoms with Crippen LogP contribution in [0, 0.1) is 6.92 Å². The molecule has 0 saturated carbocycles. The Hall–Kier alpha value is -1.99. The summed E-state index contributed by atoms with van der Waals surface area (Å²) in [4.78, 5) is 0. The molecule has 0 spiro atoms. The quantitative estimate of drug-likeness (QED) is 0.812. The molecule has 7 heteroatoms. The van der Waals surface area contributed by atoms with Crippen LogP contribution in [0.5, 0.6) is 0 Å². The van der Waals surface area contributed by atoms with Crippen molar-refractivity contribution in [2.24, 2.45) is 0 Å². The first-order valence-corrected chi connectivity index (χ1v) is 8.05. The molecule has 0 aliphatic carbocycles. The molecule has 21 heavy (non-hydrogen) atoms. The number of aromatic nitrogens is 3. The van der Waals surface area contributed by atoms with E-state index in [0.717, 1.165) is 5.56 Å². The number of aryl methyl sites for hydroxylation is 1. The Labute approximate surface area is 123 Å². The normalized spacial score (nSPS) is 11.5. The van der Waals surface area contributed by atoms with Gasteiger partial charge in [-0.05, 0) is 18.1 Å². The molecule has 0 radical (unpaired) electrons. The lowest BCUT2D eigenvalue weighted by molar-refractivity contribution is 0.282. The molecule has 0 saturated heterocycles. The highest BCUT2D eigenvalue weighted by Gasteiger charge is 2.23. The van der Waals surface area contributed by atoms with Gasteiger partial charge in [-0.3, -0.25) is 4.57 Å². The number of benzene rings is 1. The van der Waals surface area contributed by atoms with E-state index in [0.29, 0.717) is 17.9 Å². The van der Waals surface area contributed by atoms with Crippen LogP contribution in [0.1, 0.15) is 17.0 Å². The zero-order chi connectivity index (χ0) is 15.5. The summed E-state index contributed by atoms with van der Waals surface area (Å²) in [6.45, 7) is 5.58. The first-order chi connectivity index (χ1) is 9.97. The second-order valence-electron chi connectivity index (χ2n) is 4.66. The van der Waals surface area contributed by atoms with Crippen LogP contribution in [0.15, 0.2) is 42.1 Å². The zero-order valence-corrected chi connectivity index (χ0v) is 12.5.